The molecule has 0 unspecified atom stereocenters. The van der Waals surface area contributed by atoms with Gasteiger partial charge in [0.1, 0.15) is 6.07 Å². The smallest absolute Gasteiger partial charge is 0.310 e. The van der Waals surface area contributed by atoms with Crippen molar-refractivity contribution in [3.8, 4) is 6.07 Å². The number of aromatic nitrogens is 1. The van der Waals surface area contributed by atoms with Crippen LogP contribution in [0.4, 0.5) is 11.5 Å². The largest absolute Gasteiger partial charge is 0.463 e. The van der Waals surface area contributed by atoms with E-state index in [2.05, 4.69) is 15.3 Å². The number of nitriles is 1. The molecule has 1 N–H and O–H groups in total. The van der Waals surface area contributed by atoms with E-state index in [-0.39, 0.29) is 30.0 Å². The Morgan fingerprint density at radius 1 is 1.27 bits per heavy atom. The molecule has 0 saturated carbocycles. The van der Waals surface area contributed by atoms with Gasteiger partial charge < -0.3 is 14.5 Å². The number of carbonyl (C=O) groups is 2. The highest BCUT2D eigenvalue weighted by atomic mass is 35.5. The van der Waals surface area contributed by atoms with Gasteiger partial charge in [-0.05, 0) is 55.8 Å². The number of anilines is 1. The molecule has 0 aliphatic carbocycles. The third kappa shape index (κ3) is 5.10. The van der Waals surface area contributed by atoms with Crippen LogP contribution in [-0.2, 0) is 22.4 Å². The van der Waals surface area contributed by atoms with Gasteiger partial charge in [0.15, 0.2) is 11.6 Å². The van der Waals surface area contributed by atoms with Crippen LogP contribution < -0.4 is 5.32 Å². The number of rotatable bonds is 6. The Kier molecular flexibility index (Phi) is 6.24. The molecule has 1 aliphatic rings. The number of benzene rings is 1. The van der Waals surface area contributed by atoms with Crippen molar-refractivity contribution in [3.63, 3.8) is 0 Å². The van der Waals surface area contributed by atoms with Crippen LogP contribution in [0.25, 0.3) is 0 Å². The van der Waals surface area contributed by atoms with Gasteiger partial charge in [-0.2, -0.15) is 5.26 Å². The van der Waals surface area contributed by atoms with E-state index in [9.17, 15) is 9.59 Å². The standard InChI is InChI=1S/C24H19ClN4O4/c1-13(2)32-22(30)8-14-7-15-9-20(29-23(15)27-12-14)18-10-16(3-5-19(18)25)28-24(31)21-6-4-17(11-26)33-21/h3-7,10,12-13H,8-9H2,1-2H3,(H,28,31). The number of hydrogen-bond donors (Lipinski definition) is 1. The zero-order chi connectivity index (χ0) is 23.5. The highest BCUT2D eigenvalue weighted by molar-refractivity contribution is 6.34. The van der Waals surface area contributed by atoms with Crippen molar-refractivity contribution in [1.82, 2.24) is 4.98 Å². The van der Waals surface area contributed by atoms with Crippen LogP contribution in [0.1, 0.15) is 46.9 Å². The van der Waals surface area contributed by atoms with E-state index in [0.717, 1.165) is 11.1 Å². The summed E-state index contributed by atoms with van der Waals surface area (Å²) in [6.07, 6.45) is 2.06. The molecule has 4 rings (SSSR count). The Morgan fingerprint density at radius 2 is 2.09 bits per heavy atom. The molecule has 8 nitrogen and oxygen atoms in total. The predicted octanol–water partition coefficient (Wildman–Crippen LogP) is 4.62. The molecule has 9 heteroatoms. The first-order valence-electron chi connectivity index (χ1n) is 10.2. The third-order valence-corrected chi connectivity index (χ3v) is 5.12. The fraction of sp³-hybridized carbons (Fsp3) is 0.208. The maximum atomic E-state index is 12.4. The summed E-state index contributed by atoms with van der Waals surface area (Å²) < 4.78 is 10.4. The van der Waals surface area contributed by atoms with Gasteiger partial charge in [-0.1, -0.05) is 11.6 Å². The number of halogens is 1. The topological polar surface area (TPSA) is 118 Å². The molecule has 0 saturated heterocycles. The number of esters is 1. The molecule has 0 spiro atoms. The molecule has 3 heterocycles. The second kappa shape index (κ2) is 9.27. The van der Waals surface area contributed by atoms with E-state index < -0.39 is 5.91 Å². The summed E-state index contributed by atoms with van der Waals surface area (Å²) in [5.41, 5.74) is 3.48. The predicted molar refractivity (Wildman–Crippen MR) is 122 cm³/mol. The average Bonchev–Trinajstić information content (AvgIpc) is 3.41. The van der Waals surface area contributed by atoms with E-state index in [1.165, 1.54) is 12.1 Å². The van der Waals surface area contributed by atoms with Crippen molar-refractivity contribution in [2.24, 2.45) is 4.99 Å². The molecule has 0 atom stereocenters. The van der Waals surface area contributed by atoms with Crippen molar-refractivity contribution in [1.29, 1.82) is 5.26 Å². The first kappa shape index (κ1) is 22.2. The Labute approximate surface area is 194 Å². The van der Waals surface area contributed by atoms with Gasteiger partial charge in [-0.15, -0.1) is 0 Å². The Morgan fingerprint density at radius 3 is 2.82 bits per heavy atom. The first-order valence-corrected chi connectivity index (χ1v) is 10.6. The number of furan rings is 1. The molecule has 166 valence electrons. The summed E-state index contributed by atoms with van der Waals surface area (Å²) >= 11 is 6.41. The number of nitrogens with zero attached hydrogens (tertiary/aromatic N) is 3. The zero-order valence-corrected chi connectivity index (χ0v) is 18.6. The van der Waals surface area contributed by atoms with Crippen LogP contribution in [0.5, 0.6) is 0 Å². The lowest BCUT2D eigenvalue weighted by Gasteiger charge is -2.09. The van der Waals surface area contributed by atoms with Gasteiger partial charge in [0.25, 0.3) is 5.91 Å². The van der Waals surface area contributed by atoms with E-state index in [0.29, 0.717) is 34.2 Å². The summed E-state index contributed by atoms with van der Waals surface area (Å²) in [6.45, 7) is 3.61. The Balaban J connectivity index is 1.50. The van der Waals surface area contributed by atoms with Crippen molar-refractivity contribution in [3.05, 3.63) is 75.8 Å². The molecular formula is C24H19ClN4O4. The summed E-state index contributed by atoms with van der Waals surface area (Å²) in [6, 6.07) is 11.6. The average molecular weight is 463 g/mol. The quantitative estimate of drug-likeness (QED) is 0.534. The minimum atomic E-state index is -0.485. The number of aliphatic imine (C=N–C) groups is 1. The molecule has 0 bridgehead atoms. The van der Waals surface area contributed by atoms with Crippen LogP contribution in [0.3, 0.4) is 0 Å². The van der Waals surface area contributed by atoms with Crippen LogP contribution in [0.2, 0.25) is 5.02 Å². The van der Waals surface area contributed by atoms with Crippen molar-refractivity contribution in [2.75, 3.05) is 5.32 Å². The lowest BCUT2D eigenvalue weighted by molar-refractivity contribution is -0.146. The molecule has 2 aromatic heterocycles. The molecule has 1 aliphatic heterocycles. The molecule has 0 radical (unpaired) electrons. The number of fused-ring (bicyclic) bond motifs is 1. The summed E-state index contributed by atoms with van der Waals surface area (Å²) in [7, 11) is 0. The number of carbonyl (C=O) groups excluding carboxylic acids is 2. The first-order chi connectivity index (χ1) is 15.8. The number of amides is 1. The summed E-state index contributed by atoms with van der Waals surface area (Å²) in [5.74, 6) is -0.145. The number of pyridine rings is 1. The van der Waals surface area contributed by atoms with Gasteiger partial charge in [-0.25, -0.2) is 9.98 Å². The highest BCUT2D eigenvalue weighted by Crippen LogP contribution is 2.31. The fourth-order valence-corrected chi connectivity index (χ4v) is 3.62. The van der Waals surface area contributed by atoms with Gasteiger partial charge in [-0.3, -0.25) is 9.59 Å². The maximum absolute atomic E-state index is 12.4. The SMILES string of the molecule is CC(C)OC(=O)Cc1cnc2c(c1)CC(c1cc(NC(=O)c3ccc(C#N)o3)ccc1Cl)=N2. The maximum Gasteiger partial charge on any atom is 0.310 e. The molecule has 1 aromatic carbocycles. The van der Waals surface area contributed by atoms with Crippen LogP contribution in [0, 0.1) is 11.3 Å². The van der Waals surface area contributed by atoms with Crippen LogP contribution >= 0.6 is 11.6 Å². The van der Waals surface area contributed by atoms with Gasteiger partial charge >= 0.3 is 5.97 Å². The van der Waals surface area contributed by atoms with Gasteiger partial charge in [0, 0.05) is 34.5 Å². The zero-order valence-electron chi connectivity index (χ0n) is 17.9. The Hall–Kier alpha value is -3.96. The second-order valence-corrected chi connectivity index (χ2v) is 8.11. The summed E-state index contributed by atoms with van der Waals surface area (Å²) in [5, 5.41) is 12.1. The number of hydrogen-bond acceptors (Lipinski definition) is 7. The third-order valence-electron chi connectivity index (χ3n) is 4.79. The van der Waals surface area contributed by atoms with Crippen LogP contribution in [-0.4, -0.2) is 28.7 Å². The Bertz CT molecular complexity index is 1320. The lowest BCUT2D eigenvalue weighted by Crippen LogP contribution is -2.13. The second-order valence-electron chi connectivity index (χ2n) is 7.70. The van der Waals surface area contributed by atoms with Crippen molar-refractivity contribution in [2.45, 2.75) is 32.8 Å². The molecule has 3 aromatic rings. The van der Waals surface area contributed by atoms with Crippen LogP contribution in [0.15, 0.2) is 52.0 Å². The van der Waals surface area contributed by atoms with Crippen molar-refractivity contribution >= 4 is 40.7 Å². The number of nitrogens with one attached hydrogen (secondary N) is 1. The van der Waals surface area contributed by atoms with Gasteiger partial charge in [0.05, 0.1) is 18.2 Å². The van der Waals surface area contributed by atoms with E-state index in [1.54, 1.807) is 38.2 Å². The lowest BCUT2D eigenvalue weighted by atomic mass is 10.0. The van der Waals surface area contributed by atoms with Gasteiger partial charge in [0.2, 0.25) is 5.76 Å². The molecular weight excluding hydrogens is 444 g/mol. The van der Waals surface area contributed by atoms with E-state index in [1.807, 2.05) is 12.1 Å². The van der Waals surface area contributed by atoms with E-state index in [4.69, 9.17) is 26.0 Å². The number of ether oxygens (including phenoxy) is 1. The van der Waals surface area contributed by atoms with Crippen molar-refractivity contribution < 1.29 is 18.7 Å². The molecule has 33 heavy (non-hydrogen) atoms. The highest BCUT2D eigenvalue weighted by Gasteiger charge is 2.21. The minimum Gasteiger partial charge on any atom is -0.463 e. The van der Waals surface area contributed by atoms with E-state index >= 15 is 0 Å². The molecule has 1 amide bonds. The minimum absolute atomic E-state index is 0.0291. The molecule has 0 fully saturated rings. The fourth-order valence-electron chi connectivity index (χ4n) is 3.39. The summed E-state index contributed by atoms with van der Waals surface area (Å²) in [4.78, 5) is 33.3. The monoisotopic (exact) mass is 462 g/mol. The normalized spacial score (nSPS) is 12.2.